The van der Waals surface area contributed by atoms with E-state index in [9.17, 15) is 27.9 Å². The van der Waals surface area contributed by atoms with E-state index in [0.717, 1.165) is 6.20 Å². The van der Waals surface area contributed by atoms with Crippen molar-refractivity contribution in [2.75, 3.05) is 18.5 Å². The van der Waals surface area contributed by atoms with Crippen molar-refractivity contribution in [2.24, 2.45) is 0 Å². The fraction of sp³-hybridized carbons (Fsp3) is 0.450. The summed E-state index contributed by atoms with van der Waals surface area (Å²) in [7, 11) is 0. The molecule has 1 aromatic heterocycles. The molecule has 31 heavy (non-hydrogen) atoms. The summed E-state index contributed by atoms with van der Waals surface area (Å²) in [5.74, 6) is -1.12. The molecule has 0 radical (unpaired) electrons. The molecule has 1 aromatic carbocycles. The highest BCUT2D eigenvalue weighted by Gasteiger charge is 2.41. The van der Waals surface area contributed by atoms with Crippen LogP contribution in [0.2, 0.25) is 0 Å². The van der Waals surface area contributed by atoms with Crippen molar-refractivity contribution in [1.82, 2.24) is 15.1 Å². The maximum absolute atomic E-state index is 13.6. The van der Waals surface area contributed by atoms with Gasteiger partial charge in [0, 0.05) is 12.2 Å². The fourth-order valence-electron chi connectivity index (χ4n) is 2.78. The molecular weight excluding hydrogens is 417 g/mol. The number of anilines is 1. The molecule has 1 heterocycles. The van der Waals surface area contributed by atoms with Crippen molar-refractivity contribution in [1.29, 1.82) is 0 Å². The predicted molar refractivity (Wildman–Crippen MR) is 107 cm³/mol. The highest BCUT2D eigenvalue weighted by Crippen LogP contribution is 2.34. The van der Waals surface area contributed by atoms with Crippen molar-refractivity contribution in [3.05, 3.63) is 41.7 Å². The minimum Gasteiger partial charge on any atom is -0.462 e. The summed E-state index contributed by atoms with van der Waals surface area (Å²) in [5, 5.41) is 19.0. The summed E-state index contributed by atoms with van der Waals surface area (Å²) in [5.41, 5.74) is -2.58. The van der Waals surface area contributed by atoms with Crippen LogP contribution in [0.15, 0.2) is 30.5 Å². The monoisotopic (exact) mass is 442 g/mol. The Kier molecular flexibility index (Phi) is 7.66. The van der Waals surface area contributed by atoms with Gasteiger partial charge in [-0.15, -0.1) is 0 Å². The first kappa shape index (κ1) is 24.2. The summed E-state index contributed by atoms with van der Waals surface area (Å²) >= 11 is 0. The Balaban J connectivity index is 2.18. The number of urea groups is 1. The second kappa shape index (κ2) is 9.82. The number of halogens is 3. The third kappa shape index (κ3) is 5.97. The topological polar surface area (TPSA) is 105 Å². The summed E-state index contributed by atoms with van der Waals surface area (Å²) in [6.07, 6.45) is -3.09. The van der Waals surface area contributed by atoms with E-state index in [0.29, 0.717) is 23.2 Å². The van der Waals surface area contributed by atoms with E-state index in [1.165, 1.54) is 31.2 Å². The molecule has 0 fully saturated rings. The van der Waals surface area contributed by atoms with E-state index >= 15 is 0 Å². The average Bonchev–Trinajstić information content (AvgIpc) is 3.19. The minimum atomic E-state index is -4.84. The second-order valence-electron chi connectivity index (χ2n) is 6.82. The minimum absolute atomic E-state index is 0.0418. The van der Waals surface area contributed by atoms with Crippen LogP contribution in [-0.4, -0.2) is 45.6 Å². The number of amides is 2. The largest absolute Gasteiger partial charge is 0.462 e. The van der Waals surface area contributed by atoms with Crippen molar-refractivity contribution < 1.29 is 32.6 Å². The Morgan fingerprint density at radius 2 is 1.74 bits per heavy atom. The Morgan fingerprint density at radius 1 is 1.13 bits per heavy atom. The average molecular weight is 442 g/mol. The first-order valence-electron chi connectivity index (χ1n) is 9.74. The van der Waals surface area contributed by atoms with E-state index < -0.39 is 35.0 Å². The van der Waals surface area contributed by atoms with Crippen LogP contribution in [0.1, 0.15) is 49.7 Å². The molecule has 0 unspecified atom stereocenters. The predicted octanol–water partition coefficient (Wildman–Crippen LogP) is 3.74. The molecule has 11 heteroatoms. The number of aromatic nitrogens is 2. The molecule has 2 amide bonds. The van der Waals surface area contributed by atoms with Gasteiger partial charge >= 0.3 is 18.2 Å². The SMILES string of the molecule is CCOC(=O)c1cnn(-c2ccc(NC(=O)NCC(O)(CC)CC)cc2)c1C(F)(F)F. The number of alkyl halides is 3. The van der Waals surface area contributed by atoms with Crippen molar-refractivity contribution in [2.45, 2.75) is 45.4 Å². The number of nitrogens with one attached hydrogen (secondary N) is 2. The first-order valence-corrected chi connectivity index (χ1v) is 9.74. The third-order valence-corrected chi connectivity index (χ3v) is 4.80. The fourth-order valence-corrected chi connectivity index (χ4v) is 2.78. The number of nitrogens with zero attached hydrogens (tertiary/aromatic N) is 2. The van der Waals surface area contributed by atoms with Gasteiger partial charge in [-0.05, 0) is 44.0 Å². The van der Waals surface area contributed by atoms with Crippen molar-refractivity contribution in [3.8, 4) is 5.69 Å². The van der Waals surface area contributed by atoms with Crippen molar-refractivity contribution in [3.63, 3.8) is 0 Å². The maximum atomic E-state index is 13.6. The summed E-state index contributed by atoms with van der Waals surface area (Å²) < 4.78 is 46.0. The second-order valence-corrected chi connectivity index (χ2v) is 6.82. The number of carbonyl (C=O) groups excluding carboxylic acids is 2. The summed E-state index contributed by atoms with van der Waals surface area (Å²) in [4.78, 5) is 23.9. The lowest BCUT2D eigenvalue weighted by Gasteiger charge is -2.25. The van der Waals surface area contributed by atoms with Crippen LogP contribution in [0.5, 0.6) is 0 Å². The lowest BCUT2D eigenvalue weighted by Crippen LogP contribution is -2.43. The number of aliphatic hydroxyl groups is 1. The Labute approximate surface area is 177 Å². The van der Waals surface area contributed by atoms with Gasteiger partial charge < -0.3 is 20.5 Å². The number of esters is 1. The molecular formula is C20H25F3N4O4. The molecule has 3 N–H and O–H groups in total. The number of hydrogen-bond acceptors (Lipinski definition) is 5. The van der Waals surface area contributed by atoms with E-state index in [4.69, 9.17) is 0 Å². The van der Waals surface area contributed by atoms with Gasteiger partial charge in [-0.25, -0.2) is 14.3 Å². The molecule has 0 atom stereocenters. The zero-order chi connectivity index (χ0) is 23.2. The Morgan fingerprint density at radius 3 is 2.26 bits per heavy atom. The zero-order valence-electron chi connectivity index (χ0n) is 17.4. The molecule has 0 saturated carbocycles. The lowest BCUT2D eigenvalue weighted by molar-refractivity contribution is -0.143. The number of rotatable bonds is 8. The number of ether oxygens (including phenoxy) is 1. The van der Waals surface area contributed by atoms with Crippen LogP contribution in [0.4, 0.5) is 23.7 Å². The van der Waals surface area contributed by atoms with Crippen LogP contribution in [-0.2, 0) is 10.9 Å². The molecule has 2 rings (SSSR count). The van der Waals surface area contributed by atoms with Crippen LogP contribution >= 0.6 is 0 Å². The van der Waals surface area contributed by atoms with Gasteiger partial charge in [0.15, 0.2) is 5.69 Å². The van der Waals surface area contributed by atoms with Gasteiger partial charge in [0.25, 0.3) is 0 Å². The number of benzene rings is 1. The quantitative estimate of drug-likeness (QED) is 0.540. The highest BCUT2D eigenvalue weighted by atomic mass is 19.4. The van der Waals surface area contributed by atoms with E-state index in [-0.39, 0.29) is 18.8 Å². The molecule has 0 aliphatic carbocycles. The van der Waals surface area contributed by atoms with Crippen LogP contribution < -0.4 is 10.6 Å². The molecule has 0 bridgehead atoms. The summed E-state index contributed by atoms with van der Waals surface area (Å²) in [6.45, 7) is 5.09. The van der Waals surface area contributed by atoms with Gasteiger partial charge in [0.1, 0.15) is 5.56 Å². The number of hydrogen-bond donors (Lipinski definition) is 3. The van der Waals surface area contributed by atoms with Gasteiger partial charge in [0.05, 0.1) is 24.1 Å². The third-order valence-electron chi connectivity index (χ3n) is 4.80. The van der Waals surface area contributed by atoms with Gasteiger partial charge in [-0.1, -0.05) is 13.8 Å². The molecule has 2 aromatic rings. The molecule has 170 valence electrons. The van der Waals surface area contributed by atoms with Crippen LogP contribution in [0, 0.1) is 0 Å². The Bertz CT molecular complexity index is 906. The molecule has 0 saturated heterocycles. The molecule has 8 nitrogen and oxygen atoms in total. The van der Waals surface area contributed by atoms with E-state index in [2.05, 4.69) is 20.5 Å². The smallest absolute Gasteiger partial charge is 0.434 e. The van der Waals surface area contributed by atoms with Gasteiger partial charge in [-0.3, -0.25) is 0 Å². The highest BCUT2D eigenvalue weighted by molar-refractivity contribution is 5.91. The molecule has 0 aliphatic heterocycles. The van der Waals surface area contributed by atoms with Crippen LogP contribution in [0.3, 0.4) is 0 Å². The lowest BCUT2D eigenvalue weighted by atomic mass is 9.98. The zero-order valence-corrected chi connectivity index (χ0v) is 17.4. The normalized spacial score (nSPS) is 11.8. The van der Waals surface area contributed by atoms with Gasteiger partial charge in [-0.2, -0.15) is 18.3 Å². The van der Waals surface area contributed by atoms with Crippen molar-refractivity contribution >= 4 is 17.7 Å². The Hall–Kier alpha value is -3.08. The standard InChI is InChI=1S/C20H25F3N4O4/c1-4-19(30,5-2)12-24-18(29)26-13-7-9-14(10-8-13)27-16(20(21,22)23)15(11-25-27)17(28)31-6-3/h7-11,30H,4-6,12H2,1-3H3,(H2,24,26,29). The molecule has 0 spiro atoms. The first-order chi connectivity index (χ1) is 14.5. The van der Waals surface area contributed by atoms with Crippen LogP contribution in [0.25, 0.3) is 5.69 Å². The summed E-state index contributed by atoms with van der Waals surface area (Å²) in [6, 6.07) is 4.87. The van der Waals surface area contributed by atoms with Gasteiger partial charge in [0.2, 0.25) is 0 Å². The number of carbonyl (C=O) groups is 2. The van der Waals surface area contributed by atoms with E-state index in [1.807, 2.05) is 0 Å². The maximum Gasteiger partial charge on any atom is 0.434 e. The van der Waals surface area contributed by atoms with E-state index in [1.54, 1.807) is 13.8 Å². The molecule has 0 aliphatic rings.